The van der Waals surface area contributed by atoms with E-state index in [-0.39, 0.29) is 5.57 Å². The first-order valence-corrected chi connectivity index (χ1v) is 5.10. The molecule has 0 aliphatic rings. The molecule has 0 unspecified atom stereocenters. The predicted molar refractivity (Wildman–Crippen MR) is 59.4 cm³/mol. The Hall–Kier alpha value is -1.03. The molecule has 0 rings (SSSR count). The second-order valence-electron chi connectivity index (χ2n) is 4.30. The third-order valence-electron chi connectivity index (χ3n) is 2.10. The summed E-state index contributed by atoms with van der Waals surface area (Å²) < 4.78 is 5.38. The van der Waals surface area contributed by atoms with E-state index in [0.717, 1.165) is 6.42 Å². The summed E-state index contributed by atoms with van der Waals surface area (Å²) in [6.07, 6.45) is 0.920. The molecule has 0 heterocycles. The van der Waals surface area contributed by atoms with Gasteiger partial charge in [0.15, 0.2) is 0 Å². The lowest BCUT2D eigenvalue weighted by Crippen LogP contribution is -2.29. The van der Waals surface area contributed by atoms with Gasteiger partial charge in [-0.1, -0.05) is 20.8 Å². The number of carboxylic acid groups (broad SMARTS) is 1. The number of allylic oxidation sites excluding steroid dienone is 1. The summed E-state index contributed by atoms with van der Waals surface area (Å²) in [6.45, 7) is 8.27. The molecular weight excluding hydrogens is 194 g/mol. The minimum absolute atomic E-state index is 0.235. The summed E-state index contributed by atoms with van der Waals surface area (Å²) >= 11 is 0. The van der Waals surface area contributed by atoms with E-state index in [0.29, 0.717) is 18.9 Å². The van der Waals surface area contributed by atoms with Crippen LogP contribution in [-0.2, 0) is 9.53 Å². The van der Waals surface area contributed by atoms with E-state index in [1.807, 2.05) is 20.8 Å². The molecule has 0 radical (unpaired) electrons. The molecule has 0 atom stereocenters. The largest absolute Gasteiger partial charge is 0.478 e. The molecule has 0 aromatic carbocycles. The number of hydrogen-bond donors (Lipinski definition) is 2. The summed E-state index contributed by atoms with van der Waals surface area (Å²) in [7, 11) is 0. The van der Waals surface area contributed by atoms with Crippen molar-refractivity contribution in [2.45, 2.75) is 34.1 Å². The van der Waals surface area contributed by atoms with E-state index in [9.17, 15) is 4.79 Å². The first-order chi connectivity index (χ1) is 6.83. The summed E-state index contributed by atoms with van der Waals surface area (Å²) in [5.74, 6) is -0.972. The first kappa shape index (κ1) is 14.0. The molecule has 0 spiro atoms. The number of nitrogens with two attached hydrogens (primary N) is 1. The number of hydrogen-bond acceptors (Lipinski definition) is 3. The van der Waals surface area contributed by atoms with E-state index in [4.69, 9.17) is 15.6 Å². The smallest absolute Gasteiger partial charge is 0.333 e. The highest BCUT2D eigenvalue weighted by Crippen LogP contribution is 2.28. The number of rotatable bonds is 6. The van der Waals surface area contributed by atoms with E-state index >= 15 is 0 Å². The van der Waals surface area contributed by atoms with E-state index in [2.05, 4.69) is 0 Å². The fourth-order valence-corrected chi connectivity index (χ4v) is 1.54. The fourth-order valence-electron chi connectivity index (χ4n) is 1.54. The molecule has 0 aliphatic heterocycles. The second kappa shape index (κ2) is 5.75. The van der Waals surface area contributed by atoms with Gasteiger partial charge in [0.1, 0.15) is 0 Å². The fraction of sp³-hybridized carbons (Fsp3) is 0.727. The van der Waals surface area contributed by atoms with Crippen LogP contribution in [0.4, 0.5) is 0 Å². The van der Waals surface area contributed by atoms with E-state index in [1.54, 1.807) is 6.92 Å². The number of carbonyl (C=O) groups is 1. The zero-order chi connectivity index (χ0) is 12.1. The maximum atomic E-state index is 11.0. The van der Waals surface area contributed by atoms with Crippen molar-refractivity contribution in [1.82, 2.24) is 0 Å². The lowest BCUT2D eigenvalue weighted by atomic mass is 9.84. The minimum Gasteiger partial charge on any atom is -0.478 e. The molecule has 0 bridgehead atoms. The zero-order valence-electron chi connectivity index (χ0n) is 9.96. The van der Waals surface area contributed by atoms with Crippen molar-refractivity contribution >= 4 is 5.97 Å². The van der Waals surface area contributed by atoms with Crippen LogP contribution < -0.4 is 5.73 Å². The van der Waals surface area contributed by atoms with Crippen LogP contribution in [0, 0.1) is 5.41 Å². The third-order valence-corrected chi connectivity index (χ3v) is 2.10. The van der Waals surface area contributed by atoms with Crippen molar-refractivity contribution in [2.75, 3.05) is 13.2 Å². The van der Waals surface area contributed by atoms with Crippen molar-refractivity contribution in [1.29, 1.82) is 0 Å². The van der Waals surface area contributed by atoms with Crippen LogP contribution in [0.1, 0.15) is 34.1 Å². The highest BCUT2D eigenvalue weighted by molar-refractivity contribution is 5.88. The minimum atomic E-state index is -0.972. The van der Waals surface area contributed by atoms with Gasteiger partial charge in [-0.3, -0.25) is 0 Å². The summed E-state index contributed by atoms with van der Waals surface area (Å²) in [4.78, 5) is 11.0. The Morgan fingerprint density at radius 3 is 2.33 bits per heavy atom. The van der Waals surface area contributed by atoms with Crippen LogP contribution >= 0.6 is 0 Å². The topological polar surface area (TPSA) is 72.5 Å². The van der Waals surface area contributed by atoms with Gasteiger partial charge in [-0.25, -0.2) is 4.79 Å². The lowest BCUT2D eigenvalue weighted by molar-refractivity contribution is -0.134. The molecule has 4 heteroatoms. The maximum Gasteiger partial charge on any atom is 0.333 e. The normalized spacial score (nSPS) is 13.6. The van der Waals surface area contributed by atoms with Gasteiger partial charge in [0.2, 0.25) is 0 Å². The van der Waals surface area contributed by atoms with Gasteiger partial charge in [-0.15, -0.1) is 0 Å². The highest BCUT2D eigenvalue weighted by Gasteiger charge is 2.30. The molecular formula is C11H21NO3. The molecule has 0 fully saturated rings. The van der Waals surface area contributed by atoms with Crippen LogP contribution in [0.2, 0.25) is 0 Å². The number of aliphatic carboxylic acids is 1. The average Bonchev–Trinajstić information content (AvgIpc) is 2.01. The molecule has 4 nitrogen and oxygen atoms in total. The zero-order valence-corrected chi connectivity index (χ0v) is 9.96. The monoisotopic (exact) mass is 215 g/mol. The molecule has 88 valence electrons. The van der Waals surface area contributed by atoms with Gasteiger partial charge in [0.25, 0.3) is 0 Å². The van der Waals surface area contributed by atoms with Crippen molar-refractivity contribution in [2.24, 2.45) is 11.1 Å². The van der Waals surface area contributed by atoms with E-state index < -0.39 is 11.4 Å². The van der Waals surface area contributed by atoms with Gasteiger partial charge in [-0.2, -0.15) is 0 Å². The highest BCUT2D eigenvalue weighted by atomic mass is 16.5. The lowest BCUT2D eigenvalue weighted by Gasteiger charge is -2.26. The van der Waals surface area contributed by atoms with Crippen LogP contribution in [0.25, 0.3) is 0 Å². The SMILES string of the molecule is CCCOCC(C)(C)/C(C(=O)O)=C(\C)N. The molecule has 0 saturated carbocycles. The number of ether oxygens (including phenoxy) is 1. The van der Waals surface area contributed by atoms with Crippen molar-refractivity contribution in [3.8, 4) is 0 Å². The average molecular weight is 215 g/mol. The first-order valence-electron chi connectivity index (χ1n) is 5.10. The third kappa shape index (κ3) is 4.34. The van der Waals surface area contributed by atoms with Crippen LogP contribution in [0.15, 0.2) is 11.3 Å². The van der Waals surface area contributed by atoms with Crippen molar-refractivity contribution in [3.05, 3.63) is 11.3 Å². The Balaban J connectivity index is 4.67. The molecule has 0 aromatic rings. The van der Waals surface area contributed by atoms with Gasteiger partial charge in [0, 0.05) is 17.7 Å². The van der Waals surface area contributed by atoms with Crippen molar-refractivity contribution in [3.63, 3.8) is 0 Å². The van der Waals surface area contributed by atoms with Crippen LogP contribution in [-0.4, -0.2) is 24.3 Å². The quantitative estimate of drug-likeness (QED) is 0.523. The van der Waals surface area contributed by atoms with Gasteiger partial charge in [0.05, 0.1) is 12.2 Å². The predicted octanol–water partition coefficient (Wildman–Crippen LogP) is 1.76. The summed E-state index contributed by atoms with van der Waals surface area (Å²) in [6, 6.07) is 0. The molecule has 15 heavy (non-hydrogen) atoms. The van der Waals surface area contributed by atoms with Gasteiger partial charge >= 0.3 is 5.97 Å². The van der Waals surface area contributed by atoms with Gasteiger partial charge in [-0.05, 0) is 13.3 Å². The second-order valence-corrected chi connectivity index (χ2v) is 4.30. The van der Waals surface area contributed by atoms with Gasteiger partial charge < -0.3 is 15.6 Å². The maximum absolute atomic E-state index is 11.0. The molecule has 3 N–H and O–H groups in total. The molecule has 0 saturated heterocycles. The standard InChI is InChI=1S/C11H21NO3/c1-5-6-15-7-11(3,4)9(8(2)12)10(13)14/h5-7,12H2,1-4H3,(H,13,14)/b9-8+. The Kier molecular flexibility index (Phi) is 5.36. The number of carboxylic acids is 1. The Labute approximate surface area is 91.1 Å². The Bertz CT molecular complexity index is 253. The molecule has 0 amide bonds. The Morgan fingerprint density at radius 2 is 2.00 bits per heavy atom. The molecule has 0 aliphatic carbocycles. The van der Waals surface area contributed by atoms with Crippen LogP contribution in [0.5, 0.6) is 0 Å². The summed E-state index contributed by atoms with van der Waals surface area (Å²) in [5, 5.41) is 9.04. The van der Waals surface area contributed by atoms with Crippen LogP contribution in [0.3, 0.4) is 0 Å². The van der Waals surface area contributed by atoms with E-state index in [1.165, 1.54) is 0 Å². The Morgan fingerprint density at radius 1 is 1.47 bits per heavy atom. The molecule has 0 aromatic heterocycles. The van der Waals surface area contributed by atoms with Crippen molar-refractivity contribution < 1.29 is 14.6 Å². The summed E-state index contributed by atoms with van der Waals surface area (Å²) in [5.41, 5.74) is 5.59.